The highest BCUT2D eigenvalue weighted by molar-refractivity contribution is 5.83. The first-order chi connectivity index (χ1) is 11.7. The van der Waals surface area contributed by atoms with Gasteiger partial charge in [-0.2, -0.15) is 0 Å². The molecule has 1 aromatic carbocycles. The number of hydrogen-bond acceptors (Lipinski definition) is 4. The maximum absolute atomic E-state index is 12.7. The van der Waals surface area contributed by atoms with Gasteiger partial charge in [-0.3, -0.25) is 4.79 Å². The maximum atomic E-state index is 12.7. The Morgan fingerprint density at radius 2 is 1.92 bits per heavy atom. The van der Waals surface area contributed by atoms with Crippen LogP contribution in [-0.4, -0.2) is 48.1 Å². The monoisotopic (exact) mass is 323 g/mol. The number of hydrogen-bond donors (Lipinski definition) is 0. The molecule has 0 bridgehead atoms. The van der Waals surface area contributed by atoms with Gasteiger partial charge in [-0.05, 0) is 30.2 Å². The zero-order valence-electron chi connectivity index (χ0n) is 13.8. The number of ether oxygens (including phenoxy) is 1. The number of piperazine rings is 1. The Morgan fingerprint density at radius 1 is 1.12 bits per heavy atom. The van der Waals surface area contributed by atoms with Crippen molar-refractivity contribution in [3.8, 4) is 5.75 Å². The van der Waals surface area contributed by atoms with Crippen molar-refractivity contribution in [3.05, 3.63) is 53.7 Å². The van der Waals surface area contributed by atoms with Crippen molar-refractivity contribution >= 4 is 11.7 Å². The summed E-state index contributed by atoms with van der Waals surface area (Å²) in [6.45, 7) is 5.12. The van der Waals surface area contributed by atoms with E-state index in [0.717, 1.165) is 30.2 Å². The minimum Gasteiger partial charge on any atom is -0.480 e. The maximum Gasteiger partial charge on any atom is 0.264 e. The molecule has 4 rings (SSSR count). The summed E-state index contributed by atoms with van der Waals surface area (Å²) < 4.78 is 5.84. The van der Waals surface area contributed by atoms with Crippen molar-refractivity contribution in [2.75, 3.05) is 31.1 Å². The molecule has 0 saturated carbocycles. The van der Waals surface area contributed by atoms with E-state index in [-0.39, 0.29) is 12.0 Å². The van der Waals surface area contributed by atoms with E-state index in [2.05, 4.69) is 22.9 Å². The molecule has 1 amide bonds. The van der Waals surface area contributed by atoms with Crippen molar-refractivity contribution in [1.29, 1.82) is 0 Å². The van der Waals surface area contributed by atoms with Crippen LogP contribution in [0.3, 0.4) is 0 Å². The molecule has 0 unspecified atom stereocenters. The van der Waals surface area contributed by atoms with Crippen LogP contribution in [-0.2, 0) is 11.2 Å². The fraction of sp³-hybridized carbons (Fsp3) is 0.368. The normalized spacial score (nSPS) is 19.8. The fourth-order valence-electron chi connectivity index (χ4n) is 3.47. The number of carbonyl (C=O) groups is 1. The lowest BCUT2D eigenvalue weighted by Gasteiger charge is -2.36. The summed E-state index contributed by atoms with van der Waals surface area (Å²) in [7, 11) is 0. The highest BCUT2D eigenvalue weighted by Gasteiger charge is 2.33. The van der Waals surface area contributed by atoms with E-state index in [0.29, 0.717) is 19.5 Å². The van der Waals surface area contributed by atoms with Crippen LogP contribution in [0.5, 0.6) is 5.75 Å². The molecule has 5 heteroatoms. The quantitative estimate of drug-likeness (QED) is 0.848. The molecule has 1 aromatic heterocycles. The second-order valence-electron chi connectivity index (χ2n) is 6.37. The first-order valence-electron chi connectivity index (χ1n) is 8.42. The molecule has 1 fully saturated rings. The molecule has 1 saturated heterocycles. The highest BCUT2D eigenvalue weighted by atomic mass is 16.5. The molecule has 124 valence electrons. The van der Waals surface area contributed by atoms with Crippen molar-refractivity contribution in [1.82, 2.24) is 9.88 Å². The van der Waals surface area contributed by atoms with Crippen LogP contribution in [0.15, 0.2) is 42.6 Å². The van der Waals surface area contributed by atoms with Gasteiger partial charge in [-0.1, -0.05) is 24.3 Å². The lowest BCUT2D eigenvalue weighted by Crippen LogP contribution is -2.52. The van der Waals surface area contributed by atoms with E-state index in [1.165, 1.54) is 5.56 Å². The Bertz CT molecular complexity index is 729. The summed E-state index contributed by atoms with van der Waals surface area (Å²) >= 11 is 0. The average molecular weight is 323 g/mol. The summed E-state index contributed by atoms with van der Waals surface area (Å²) in [5, 5.41) is 0. The van der Waals surface area contributed by atoms with Crippen LogP contribution >= 0.6 is 0 Å². The van der Waals surface area contributed by atoms with Crippen LogP contribution in [0.2, 0.25) is 0 Å². The van der Waals surface area contributed by atoms with Crippen molar-refractivity contribution in [2.24, 2.45) is 0 Å². The van der Waals surface area contributed by atoms with E-state index < -0.39 is 0 Å². The summed E-state index contributed by atoms with van der Waals surface area (Å²) in [5.74, 6) is 1.97. The lowest BCUT2D eigenvalue weighted by molar-refractivity contribution is -0.138. The molecule has 5 nitrogen and oxygen atoms in total. The Kier molecular flexibility index (Phi) is 3.84. The summed E-state index contributed by atoms with van der Waals surface area (Å²) in [5.41, 5.74) is 2.30. The zero-order valence-corrected chi connectivity index (χ0v) is 13.8. The van der Waals surface area contributed by atoms with Crippen molar-refractivity contribution in [3.63, 3.8) is 0 Å². The largest absolute Gasteiger partial charge is 0.480 e. The molecule has 2 aromatic rings. The van der Waals surface area contributed by atoms with Gasteiger partial charge in [0.15, 0.2) is 6.10 Å². The summed E-state index contributed by atoms with van der Waals surface area (Å²) in [4.78, 5) is 21.4. The Morgan fingerprint density at radius 3 is 2.67 bits per heavy atom. The molecule has 24 heavy (non-hydrogen) atoms. The van der Waals surface area contributed by atoms with Gasteiger partial charge in [0, 0.05) is 38.8 Å². The summed E-state index contributed by atoms with van der Waals surface area (Å²) in [6, 6.07) is 11.9. The van der Waals surface area contributed by atoms with E-state index in [9.17, 15) is 4.79 Å². The number of anilines is 1. The molecule has 0 spiro atoms. The van der Waals surface area contributed by atoms with Gasteiger partial charge in [0.2, 0.25) is 0 Å². The Hall–Kier alpha value is -2.56. The topological polar surface area (TPSA) is 45.7 Å². The van der Waals surface area contributed by atoms with Gasteiger partial charge in [0.05, 0.1) is 0 Å². The molecular weight excluding hydrogens is 302 g/mol. The van der Waals surface area contributed by atoms with E-state index in [4.69, 9.17) is 4.74 Å². The number of amides is 1. The molecule has 2 aliphatic heterocycles. The van der Waals surface area contributed by atoms with Gasteiger partial charge in [-0.15, -0.1) is 0 Å². The third kappa shape index (κ3) is 2.70. The lowest BCUT2D eigenvalue weighted by atomic mass is 10.1. The smallest absolute Gasteiger partial charge is 0.264 e. The number of fused-ring (bicyclic) bond motifs is 1. The number of carbonyl (C=O) groups excluding carboxylic acids is 1. The van der Waals surface area contributed by atoms with Crippen molar-refractivity contribution in [2.45, 2.75) is 19.4 Å². The van der Waals surface area contributed by atoms with Crippen LogP contribution in [0, 0.1) is 6.92 Å². The SMILES string of the molecule is Cc1cccnc1N1CCN(C(=O)[C@H]2Cc3ccccc3O2)CC1. The highest BCUT2D eigenvalue weighted by Crippen LogP contribution is 2.29. The molecule has 0 N–H and O–H groups in total. The number of nitrogens with zero attached hydrogens (tertiary/aromatic N) is 3. The third-order valence-electron chi connectivity index (χ3n) is 4.80. The predicted molar refractivity (Wildman–Crippen MR) is 92.3 cm³/mol. The van der Waals surface area contributed by atoms with E-state index in [1.54, 1.807) is 0 Å². The zero-order chi connectivity index (χ0) is 16.5. The first-order valence-corrected chi connectivity index (χ1v) is 8.42. The second-order valence-corrected chi connectivity index (χ2v) is 6.37. The number of rotatable bonds is 2. The van der Waals surface area contributed by atoms with E-state index >= 15 is 0 Å². The van der Waals surface area contributed by atoms with Crippen LogP contribution in [0.25, 0.3) is 0 Å². The van der Waals surface area contributed by atoms with E-state index in [1.807, 2.05) is 41.4 Å². The molecule has 0 radical (unpaired) electrons. The average Bonchev–Trinajstić information content (AvgIpc) is 3.06. The molecule has 3 heterocycles. The van der Waals surface area contributed by atoms with Crippen LogP contribution in [0.1, 0.15) is 11.1 Å². The van der Waals surface area contributed by atoms with Gasteiger partial charge >= 0.3 is 0 Å². The second kappa shape index (κ2) is 6.15. The van der Waals surface area contributed by atoms with Gasteiger partial charge in [0.1, 0.15) is 11.6 Å². The minimum absolute atomic E-state index is 0.101. The molecular formula is C19H21N3O2. The van der Waals surface area contributed by atoms with Gasteiger partial charge < -0.3 is 14.5 Å². The van der Waals surface area contributed by atoms with Crippen LogP contribution < -0.4 is 9.64 Å². The van der Waals surface area contributed by atoms with Gasteiger partial charge in [-0.25, -0.2) is 4.98 Å². The van der Waals surface area contributed by atoms with Crippen LogP contribution in [0.4, 0.5) is 5.82 Å². The predicted octanol–water partition coefficient (Wildman–Crippen LogP) is 2.04. The number of benzene rings is 1. The summed E-state index contributed by atoms with van der Waals surface area (Å²) in [6.07, 6.45) is 2.13. The first kappa shape index (κ1) is 15.0. The number of aromatic nitrogens is 1. The van der Waals surface area contributed by atoms with Crippen molar-refractivity contribution < 1.29 is 9.53 Å². The fourth-order valence-corrected chi connectivity index (χ4v) is 3.47. The number of pyridine rings is 1. The minimum atomic E-state index is -0.370. The Balaban J connectivity index is 1.38. The third-order valence-corrected chi connectivity index (χ3v) is 4.80. The molecule has 2 aliphatic rings. The van der Waals surface area contributed by atoms with Gasteiger partial charge in [0.25, 0.3) is 5.91 Å². The number of para-hydroxylation sites is 1. The Labute approximate surface area is 141 Å². The number of aryl methyl sites for hydroxylation is 1. The molecule has 0 aliphatic carbocycles. The molecule has 1 atom stereocenters. The standard InChI is InChI=1S/C19H21N3O2/c1-14-5-4-8-20-18(14)21-9-11-22(12-10-21)19(23)17-13-15-6-2-3-7-16(15)24-17/h2-8,17H,9-13H2,1H3/t17-/m1/s1.